The van der Waals surface area contributed by atoms with Crippen LogP contribution in [-0.2, 0) is 18.6 Å². The summed E-state index contributed by atoms with van der Waals surface area (Å²) in [5.74, 6) is -1.21. The minimum Gasteiger partial charge on any atom is -0.480 e. The number of anilines is 1. The van der Waals surface area contributed by atoms with Crippen LogP contribution < -0.4 is 20.1 Å². The van der Waals surface area contributed by atoms with Crippen LogP contribution in [0.4, 0.5) is 10.3 Å². The Morgan fingerprint density at radius 3 is 2.74 bits per heavy atom. The number of aromatic nitrogens is 4. The number of alkyl halides is 1. The number of halogens is 1. The van der Waals surface area contributed by atoms with Crippen molar-refractivity contribution in [1.82, 2.24) is 24.6 Å². The van der Waals surface area contributed by atoms with Crippen LogP contribution in [0.25, 0.3) is 11.2 Å². The second-order valence-corrected chi connectivity index (χ2v) is 10.3. The van der Waals surface area contributed by atoms with Gasteiger partial charge in [0, 0.05) is 0 Å². The summed E-state index contributed by atoms with van der Waals surface area (Å²) in [6.45, 7) is 3.77. The summed E-state index contributed by atoms with van der Waals surface area (Å²) in [5, 5.41) is 22.3. The molecule has 6 atom stereocenters. The Labute approximate surface area is 216 Å². The molecular weight excluding hydrogens is 526 g/mol. The Hall–Kier alpha value is -3.36. The third-order valence-corrected chi connectivity index (χ3v) is 7.40. The van der Waals surface area contributed by atoms with Gasteiger partial charge in [0.25, 0.3) is 0 Å². The van der Waals surface area contributed by atoms with Crippen molar-refractivity contribution < 1.29 is 42.5 Å². The molecule has 0 aliphatic carbocycles. The highest BCUT2D eigenvalue weighted by Crippen LogP contribution is 2.48. The van der Waals surface area contributed by atoms with E-state index in [1.807, 2.05) is 0 Å². The fourth-order valence-electron chi connectivity index (χ4n) is 3.84. The fourth-order valence-corrected chi connectivity index (χ4v) is 5.35. The number of aliphatic hydroxyl groups excluding tert-OH is 1. The van der Waals surface area contributed by atoms with Gasteiger partial charge in [-0.2, -0.15) is 15.1 Å². The molecule has 38 heavy (non-hydrogen) atoms. The number of ether oxygens (including phenoxy) is 2. The molecule has 3 heterocycles. The lowest BCUT2D eigenvalue weighted by Gasteiger charge is -2.25. The number of carboxylic acid groups (broad SMARTS) is 1. The van der Waals surface area contributed by atoms with Crippen molar-refractivity contribution >= 4 is 30.8 Å². The number of nitrogens with zero attached hydrogens (tertiary/aromatic N) is 4. The summed E-state index contributed by atoms with van der Waals surface area (Å²) in [7, 11) is -4.33. The lowest BCUT2D eigenvalue weighted by molar-refractivity contribution is -0.138. The molecule has 5 N–H and O–H groups in total. The van der Waals surface area contributed by atoms with Crippen molar-refractivity contribution in [2.45, 2.75) is 50.9 Å². The van der Waals surface area contributed by atoms with Crippen LogP contribution in [0, 0.1) is 0 Å². The minimum atomic E-state index is -4.33. The number of benzene rings is 1. The molecule has 1 aliphatic heterocycles. The van der Waals surface area contributed by atoms with Gasteiger partial charge in [-0.3, -0.25) is 13.9 Å². The highest BCUT2D eigenvalue weighted by Gasteiger charge is 2.56. The number of nitrogen functional groups attached to an aromatic ring is 1. The molecule has 1 aromatic carbocycles. The Bertz CT molecular complexity index is 1340. The number of rotatable bonds is 11. The van der Waals surface area contributed by atoms with E-state index in [0.29, 0.717) is 0 Å². The Balaban J connectivity index is 1.58. The lowest BCUT2D eigenvalue weighted by Crippen LogP contribution is -2.41. The van der Waals surface area contributed by atoms with Crippen LogP contribution in [0.2, 0.25) is 0 Å². The van der Waals surface area contributed by atoms with E-state index in [1.54, 1.807) is 25.1 Å². The molecule has 16 heteroatoms. The molecule has 2 aromatic heterocycles. The highest BCUT2D eigenvalue weighted by atomic mass is 31.2. The molecule has 1 saturated heterocycles. The Morgan fingerprint density at radius 2 is 2.08 bits per heavy atom. The summed E-state index contributed by atoms with van der Waals surface area (Å²) >= 11 is 0. The number of hydrogen-bond donors (Lipinski definition) is 4. The van der Waals surface area contributed by atoms with Gasteiger partial charge in [-0.1, -0.05) is 18.2 Å². The molecule has 4 rings (SSSR count). The SMILES string of the molecule is CCOc1nc(N)nc2c1ncn2C1OC(COP(=O)(NC(C)C(=O)O)Oc2ccccc2)C(O)C1(C)F. The molecule has 0 saturated carbocycles. The predicted octanol–water partition coefficient (Wildman–Crippen LogP) is 2.06. The van der Waals surface area contributed by atoms with E-state index in [1.165, 1.54) is 30.0 Å². The van der Waals surface area contributed by atoms with Crippen molar-refractivity contribution in [1.29, 1.82) is 0 Å². The molecule has 1 aliphatic rings. The van der Waals surface area contributed by atoms with E-state index >= 15 is 4.39 Å². The average Bonchev–Trinajstić information content (AvgIpc) is 3.36. The minimum absolute atomic E-state index is 0.102. The fraction of sp³-hybridized carbons (Fsp3) is 0.455. The molecular formula is C22H28FN6O8P. The summed E-state index contributed by atoms with van der Waals surface area (Å²) < 4.78 is 52.7. The molecule has 3 aromatic rings. The van der Waals surface area contributed by atoms with Crippen LogP contribution in [0.5, 0.6) is 11.6 Å². The first kappa shape index (κ1) is 27.7. The van der Waals surface area contributed by atoms with Crippen LogP contribution in [-0.4, -0.2) is 72.8 Å². The van der Waals surface area contributed by atoms with Gasteiger partial charge in [0.05, 0.1) is 19.5 Å². The number of nitrogens with one attached hydrogen (secondary N) is 1. The maximum absolute atomic E-state index is 15.9. The molecule has 14 nitrogen and oxygen atoms in total. The topological polar surface area (TPSA) is 193 Å². The largest absolute Gasteiger partial charge is 0.480 e. The molecule has 206 valence electrons. The number of aliphatic carboxylic acids is 1. The number of carboxylic acids is 1. The van der Waals surface area contributed by atoms with E-state index < -0.39 is 50.5 Å². The van der Waals surface area contributed by atoms with Crippen molar-refractivity contribution in [2.24, 2.45) is 0 Å². The van der Waals surface area contributed by atoms with Gasteiger partial charge < -0.3 is 29.9 Å². The van der Waals surface area contributed by atoms with Crippen LogP contribution >= 0.6 is 7.75 Å². The van der Waals surface area contributed by atoms with Gasteiger partial charge in [-0.15, -0.1) is 0 Å². The molecule has 0 bridgehead atoms. The van der Waals surface area contributed by atoms with E-state index in [0.717, 1.165) is 6.92 Å². The molecule has 0 spiro atoms. The summed E-state index contributed by atoms with van der Waals surface area (Å²) in [6.07, 6.45) is -3.29. The monoisotopic (exact) mass is 554 g/mol. The number of aliphatic hydroxyl groups is 1. The van der Waals surface area contributed by atoms with Crippen LogP contribution in [0.1, 0.15) is 27.0 Å². The lowest BCUT2D eigenvalue weighted by atomic mass is 9.98. The molecule has 0 amide bonds. The Morgan fingerprint density at radius 1 is 1.37 bits per heavy atom. The first-order valence-electron chi connectivity index (χ1n) is 11.6. The van der Waals surface area contributed by atoms with Gasteiger partial charge in [-0.25, -0.2) is 13.9 Å². The molecule has 1 fully saturated rings. The van der Waals surface area contributed by atoms with Crippen molar-refractivity contribution in [2.75, 3.05) is 18.9 Å². The van der Waals surface area contributed by atoms with E-state index in [9.17, 15) is 19.6 Å². The standard InChI is InChI=1S/C22H28FN6O8P/c1-4-34-18-15-17(26-21(24)27-18)29(11-25-15)20-22(3,23)16(30)14(36-20)10-35-38(33,28-12(2)19(31)32)37-13-8-6-5-7-9-13/h5-9,11-12,14,16,20,30H,4,10H2,1-3H3,(H,28,33)(H,31,32)(H2,24,26,27). The van der Waals surface area contributed by atoms with Crippen molar-refractivity contribution in [3.63, 3.8) is 0 Å². The molecule has 6 unspecified atom stereocenters. The second kappa shape index (κ2) is 10.8. The van der Waals surface area contributed by atoms with Gasteiger partial charge >= 0.3 is 13.7 Å². The number of fused-ring (bicyclic) bond motifs is 1. The summed E-state index contributed by atoms with van der Waals surface area (Å²) in [4.78, 5) is 23.7. The van der Waals surface area contributed by atoms with Gasteiger partial charge in [0.15, 0.2) is 23.1 Å². The average molecular weight is 554 g/mol. The van der Waals surface area contributed by atoms with E-state index in [2.05, 4.69) is 20.0 Å². The first-order valence-corrected chi connectivity index (χ1v) is 13.1. The number of nitrogens with two attached hydrogens (primary N) is 1. The van der Waals surface area contributed by atoms with Crippen LogP contribution in [0.3, 0.4) is 0 Å². The quantitative estimate of drug-likeness (QED) is 0.252. The zero-order chi connectivity index (χ0) is 27.7. The van der Waals surface area contributed by atoms with Crippen molar-refractivity contribution in [3.8, 4) is 11.6 Å². The first-order chi connectivity index (χ1) is 17.9. The summed E-state index contributed by atoms with van der Waals surface area (Å²) in [6, 6.07) is 6.60. The van der Waals surface area contributed by atoms with E-state index in [4.69, 9.17) is 24.3 Å². The molecule has 0 radical (unpaired) electrons. The second-order valence-electron chi connectivity index (χ2n) is 8.65. The van der Waals surface area contributed by atoms with Crippen LogP contribution in [0.15, 0.2) is 36.7 Å². The number of hydrogen-bond acceptors (Lipinski definition) is 11. The van der Waals surface area contributed by atoms with E-state index in [-0.39, 0.29) is 35.3 Å². The number of imidazole rings is 1. The zero-order valence-electron chi connectivity index (χ0n) is 20.7. The maximum Gasteiger partial charge on any atom is 0.459 e. The number of para-hydroxylation sites is 1. The maximum atomic E-state index is 15.9. The van der Waals surface area contributed by atoms with Gasteiger partial charge in [-0.05, 0) is 32.9 Å². The van der Waals surface area contributed by atoms with Gasteiger partial charge in [0.2, 0.25) is 11.8 Å². The zero-order valence-corrected chi connectivity index (χ0v) is 21.6. The normalized spacial score (nSPS) is 25.7. The Kier molecular flexibility index (Phi) is 7.85. The third kappa shape index (κ3) is 5.56. The predicted molar refractivity (Wildman–Crippen MR) is 131 cm³/mol. The van der Waals surface area contributed by atoms with Gasteiger partial charge in [0.1, 0.15) is 24.0 Å². The highest BCUT2D eigenvalue weighted by molar-refractivity contribution is 7.52. The van der Waals surface area contributed by atoms with Crippen molar-refractivity contribution in [3.05, 3.63) is 36.7 Å². The summed E-state index contributed by atoms with van der Waals surface area (Å²) in [5.41, 5.74) is 3.71. The third-order valence-electron chi connectivity index (χ3n) is 5.76. The number of carbonyl (C=O) groups is 1. The smallest absolute Gasteiger partial charge is 0.459 e.